The van der Waals surface area contributed by atoms with Gasteiger partial charge >= 0.3 is 18.5 Å². The Morgan fingerprint density at radius 1 is 0.864 bits per heavy atom. The summed E-state index contributed by atoms with van der Waals surface area (Å²) in [4.78, 5) is 0. The summed E-state index contributed by atoms with van der Waals surface area (Å²) in [6, 6.07) is 0. The summed E-state index contributed by atoms with van der Waals surface area (Å²) < 4.78 is 130. The molecule has 0 aliphatic heterocycles. The summed E-state index contributed by atoms with van der Waals surface area (Å²) in [6.07, 6.45) is -23.7. The Morgan fingerprint density at radius 2 is 1.27 bits per heavy atom. The van der Waals surface area contributed by atoms with Crippen LogP contribution in [0.4, 0.5) is 43.9 Å². The molecular weight excluding hydrogens is 338 g/mol. The molecule has 0 saturated carbocycles. The molecule has 0 aromatic heterocycles. The van der Waals surface area contributed by atoms with Gasteiger partial charge in [-0.3, -0.25) is 0 Å². The second-order valence-corrected chi connectivity index (χ2v) is 5.05. The average Bonchev–Trinajstić information content (AvgIpc) is 2.24. The van der Waals surface area contributed by atoms with Crippen molar-refractivity contribution < 1.29 is 48.6 Å². The third kappa shape index (κ3) is 4.17. The summed E-state index contributed by atoms with van der Waals surface area (Å²) in [5, 5.41) is 0. The van der Waals surface area contributed by atoms with E-state index in [1.54, 1.807) is 0 Å². The van der Waals surface area contributed by atoms with Crippen LogP contribution in [0, 0.1) is 0 Å². The van der Waals surface area contributed by atoms with E-state index in [0.29, 0.717) is 0 Å². The van der Waals surface area contributed by atoms with Gasteiger partial charge in [0.15, 0.2) is 0 Å². The van der Waals surface area contributed by atoms with E-state index in [0.717, 1.165) is 0 Å². The monoisotopic (exact) mass is 352 g/mol. The van der Waals surface area contributed by atoms with Gasteiger partial charge in [0.2, 0.25) is 5.67 Å². The van der Waals surface area contributed by atoms with Gasteiger partial charge in [0, 0.05) is 0 Å². The molecular formula is C11H14F10O. The zero-order valence-electron chi connectivity index (χ0n) is 11.7. The quantitative estimate of drug-likeness (QED) is 0.586. The predicted molar refractivity (Wildman–Crippen MR) is 55.9 cm³/mol. The smallest absolute Gasteiger partial charge is 0.308 e. The SMILES string of the molecule is CCCC(C)(OC(F)(F)C(F)C(F)(F)F)C(C)(F)C(F)(F)F. The van der Waals surface area contributed by atoms with Crippen LogP contribution >= 0.6 is 0 Å². The van der Waals surface area contributed by atoms with Crippen LogP contribution in [-0.2, 0) is 4.74 Å². The van der Waals surface area contributed by atoms with Crippen LogP contribution in [-0.4, -0.2) is 35.9 Å². The molecule has 3 unspecified atom stereocenters. The molecule has 0 N–H and O–H groups in total. The Hall–Kier alpha value is -0.740. The lowest BCUT2D eigenvalue weighted by molar-refractivity contribution is -0.397. The first kappa shape index (κ1) is 21.3. The van der Waals surface area contributed by atoms with Crippen molar-refractivity contribution >= 4 is 0 Å². The number of alkyl halides is 10. The predicted octanol–water partition coefficient (Wildman–Crippen LogP) is 5.35. The molecule has 1 nitrogen and oxygen atoms in total. The van der Waals surface area contributed by atoms with E-state index in [2.05, 4.69) is 4.74 Å². The van der Waals surface area contributed by atoms with E-state index in [4.69, 9.17) is 0 Å². The van der Waals surface area contributed by atoms with Crippen molar-refractivity contribution in [1.29, 1.82) is 0 Å². The van der Waals surface area contributed by atoms with E-state index in [-0.39, 0.29) is 20.3 Å². The molecule has 3 atom stereocenters. The third-order valence-corrected chi connectivity index (χ3v) is 3.20. The topological polar surface area (TPSA) is 9.23 Å². The fourth-order valence-electron chi connectivity index (χ4n) is 1.70. The zero-order chi connectivity index (χ0) is 18.2. The van der Waals surface area contributed by atoms with Gasteiger partial charge in [-0.2, -0.15) is 35.1 Å². The Kier molecular flexibility index (Phi) is 5.84. The first-order valence-corrected chi connectivity index (χ1v) is 5.97. The fraction of sp³-hybridized carbons (Fsp3) is 1.00. The highest BCUT2D eigenvalue weighted by atomic mass is 19.4. The van der Waals surface area contributed by atoms with Crippen LogP contribution in [0.15, 0.2) is 0 Å². The van der Waals surface area contributed by atoms with Crippen molar-refractivity contribution in [3.8, 4) is 0 Å². The maximum absolute atomic E-state index is 13.9. The first-order chi connectivity index (χ1) is 9.42. The van der Waals surface area contributed by atoms with Gasteiger partial charge < -0.3 is 4.74 Å². The minimum absolute atomic E-state index is 0.153. The number of rotatable bonds is 6. The number of ether oxygens (including phenoxy) is 1. The van der Waals surface area contributed by atoms with Gasteiger partial charge in [-0.05, 0) is 20.3 Å². The van der Waals surface area contributed by atoms with Crippen molar-refractivity contribution in [2.24, 2.45) is 0 Å². The van der Waals surface area contributed by atoms with Crippen molar-refractivity contribution in [2.75, 3.05) is 0 Å². The molecule has 0 radical (unpaired) electrons. The number of halogens is 10. The molecule has 134 valence electrons. The van der Waals surface area contributed by atoms with E-state index in [1.807, 2.05) is 0 Å². The fourth-order valence-corrected chi connectivity index (χ4v) is 1.70. The van der Waals surface area contributed by atoms with Crippen LogP contribution in [0.25, 0.3) is 0 Å². The molecule has 0 heterocycles. The largest absolute Gasteiger partial charge is 0.428 e. The number of hydrogen-bond acceptors (Lipinski definition) is 1. The second-order valence-electron chi connectivity index (χ2n) is 5.05. The molecule has 11 heteroatoms. The van der Waals surface area contributed by atoms with E-state index in [1.165, 1.54) is 6.92 Å². The molecule has 0 aromatic rings. The van der Waals surface area contributed by atoms with Gasteiger partial charge in [0.1, 0.15) is 5.60 Å². The summed E-state index contributed by atoms with van der Waals surface area (Å²) in [5.74, 6) is 0. The molecule has 0 spiro atoms. The van der Waals surface area contributed by atoms with E-state index in [9.17, 15) is 43.9 Å². The van der Waals surface area contributed by atoms with Crippen LogP contribution in [0.1, 0.15) is 33.6 Å². The highest BCUT2D eigenvalue weighted by Gasteiger charge is 2.68. The maximum Gasteiger partial charge on any atom is 0.428 e. The Bertz CT molecular complexity index is 372. The minimum atomic E-state index is -6.08. The van der Waals surface area contributed by atoms with Crippen LogP contribution in [0.2, 0.25) is 0 Å². The zero-order valence-corrected chi connectivity index (χ0v) is 11.7. The Morgan fingerprint density at radius 3 is 1.55 bits per heavy atom. The summed E-state index contributed by atoms with van der Waals surface area (Å²) >= 11 is 0. The van der Waals surface area contributed by atoms with Crippen molar-refractivity contribution in [2.45, 2.75) is 69.5 Å². The standard InChI is InChI=1S/C11H14F10O/c1-4-5-7(2,8(3,13)11(19,20)21)22-10(17,18)6(12)9(14,15)16/h6H,4-5H2,1-3H3. The molecule has 0 bridgehead atoms. The Labute approximate surface area is 119 Å². The molecule has 0 fully saturated rings. The summed E-state index contributed by atoms with van der Waals surface area (Å²) in [6.45, 7) is 1.24. The summed E-state index contributed by atoms with van der Waals surface area (Å²) in [7, 11) is 0. The normalized spacial score (nSPS) is 21.1. The first-order valence-electron chi connectivity index (χ1n) is 5.97. The van der Waals surface area contributed by atoms with E-state index < -0.39 is 42.3 Å². The van der Waals surface area contributed by atoms with E-state index >= 15 is 0 Å². The molecule has 22 heavy (non-hydrogen) atoms. The van der Waals surface area contributed by atoms with Gasteiger partial charge in [-0.15, -0.1) is 0 Å². The highest BCUT2D eigenvalue weighted by molar-refractivity contribution is 5.02. The van der Waals surface area contributed by atoms with Crippen LogP contribution in [0.5, 0.6) is 0 Å². The van der Waals surface area contributed by atoms with Gasteiger partial charge in [0.05, 0.1) is 0 Å². The average molecular weight is 352 g/mol. The molecule has 0 aliphatic carbocycles. The molecule has 0 rings (SSSR count). The molecule has 0 aromatic carbocycles. The summed E-state index contributed by atoms with van der Waals surface area (Å²) in [5.41, 5.74) is -7.84. The lowest BCUT2D eigenvalue weighted by Gasteiger charge is -2.43. The maximum atomic E-state index is 13.9. The third-order valence-electron chi connectivity index (χ3n) is 3.20. The lowest BCUT2D eigenvalue weighted by atomic mass is 9.83. The molecule has 0 aliphatic rings. The molecule has 0 saturated heterocycles. The highest BCUT2D eigenvalue weighted by Crippen LogP contribution is 2.49. The van der Waals surface area contributed by atoms with Gasteiger partial charge in [0.25, 0.3) is 6.17 Å². The minimum Gasteiger partial charge on any atom is -0.308 e. The number of hydrogen-bond donors (Lipinski definition) is 0. The second kappa shape index (κ2) is 6.04. The van der Waals surface area contributed by atoms with Crippen molar-refractivity contribution in [3.05, 3.63) is 0 Å². The lowest BCUT2D eigenvalue weighted by Crippen LogP contribution is -2.61. The van der Waals surface area contributed by atoms with Crippen molar-refractivity contribution in [3.63, 3.8) is 0 Å². The van der Waals surface area contributed by atoms with Crippen molar-refractivity contribution in [1.82, 2.24) is 0 Å². The van der Waals surface area contributed by atoms with Gasteiger partial charge in [-0.1, -0.05) is 13.3 Å². The van der Waals surface area contributed by atoms with Crippen LogP contribution in [0.3, 0.4) is 0 Å². The molecule has 0 amide bonds. The van der Waals surface area contributed by atoms with Crippen LogP contribution < -0.4 is 0 Å². The van der Waals surface area contributed by atoms with Gasteiger partial charge in [-0.25, -0.2) is 8.78 Å². The Balaban J connectivity index is 5.72.